The number of benzene rings is 1. The molecular weight excluding hydrogens is 376 g/mol. The number of primary amides is 1. The molecule has 0 saturated carbocycles. The van der Waals surface area contributed by atoms with Crippen LogP contribution < -0.4 is 21.7 Å². The zero-order chi connectivity index (χ0) is 21.6. The third kappa shape index (κ3) is 6.11. The smallest absolute Gasteiger partial charge is 0.247 e. The van der Waals surface area contributed by atoms with Crippen molar-refractivity contribution >= 4 is 17.7 Å². The van der Waals surface area contributed by atoms with Crippen molar-refractivity contribution in [2.75, 3.05) is 7.05 Å². The number of aliphatic hydroxyl groups is 2. The van der Waals surface area contributed by atoms with E-state index in [9.17, 15) is 24.6 Å². The largest absolute Gasteiger partial charge is 0.390 e. The molecule has 0 spiro atoms. The van der Waals surface area contributed by atoms with E-state index in [0.717, 1.165) is 5.56 Å². The summed E-state index contributed by atoms with van der Waals surface area (Å²) in [4.78, 5) is 36.5. The molecule has 0 aliphatic heterocycles. The average molecular weight is 404 g/mol. The van der Waals surface area contributed by atoms with Gasteiger partial charge in [0.1, 0.15) is 12.1 Å². The summed E-state index contributed by atoms with van der Waals surface area (Å²) < 4.78 is 0. The number of aliphatic hydroxyl groups excluding tert-OH is 2. The van der Waals surface area contributed by atoms with Gasteiger partial charge in [-0.25, -0.2) is 0 Å². The van der Waals surface area contributed by atoms with Crippen LogP contribution in [0.1, 0.15) is 18.9 Å². The van der Waals surface area contributed by atoms with Crippen molar-refractivity contribution in [3.05, 3.63) is 47.5 Å². The lowest BCUT2D eigenvalue weighted by atomic mass is 9.89. The molecule has 0 fully saturated rings. The molecule has 7 N–H and O–H groups in total. The fraction of sp³-hybridized carbons (Fsp3) is 0.450. The van der Waals surface area contributed by atoms with Crippen molar-refractivity contribution in [2.24, 2.45) is 5.73 Å². The minimum absolute atomic E-state index is 0.113. The average Bonchev–Trinajstić information content (AvgIpc) is 2.70. The number of carbonyl (C=O) groups is 3. The van der Waals surface area contributed by atoms with Crippen LogP contribution in [-0.2, 0) is 20.8 Å². The molecule has 29 heavy (non-hydrogen) atoms. The lowest BCUT2D eigenvalue weighted by Crippen LogP contribution is -2.54. The van der Waals surface area contributed by atoms with E-state index in [4.69, 9.17) is 5.73 Å². The fourth-order valence-electron chi connectivity index (χ4n) is 3.01. The van der Waals surface area contributed by atoms with Crippen molar-refractivity contribution in [1.29, 1.82) is 0 Å². The highest BCUT2D eigenvalue weighted by molar-refractivity contribution is 5.97. The van der Waals surface area contributed by atoms with Gasteiger partial charge in [0.25, 0.3) is 0 Å². The molecule has 2 rings (SSSR count). The first kappa shape index (κ1) is 22.5. The van der Waals surface area contributed by atoms with Crippen LogP contribution in [0.15, 0.2) is 42.0 Å². The van der Waals surface area contributed by atoms with Crippen LogP contribution in [0.5, 0.6) is 0 Å². The molecule has 158 valence electrons. The summed E-state index contributed by atoms with van der Waals surface area (Å²) in [6.45, 7) is 1.64. The molecule has 0 bridgehead atoms. The first-order valence-corrected chi connectivity index (χ1v) is 9.41. The van der Waals surface area contributed by atoms with E-state index in [1.807, 2.05) is 30.3 Å². The Hall–Kier alpha value is -2.75. The van der Waals surface area contributed by atoms with Crippen molar-refractivity contribution < 1.29 is 24.6 Å². The van der Waals surface area contributed by atoms with Gasteiger partial charge in [0.05, 0.1) is 18.2 Å². The maximum Gasteiger partial charge on any atom is 0.247 e. The van der Waals surface area contributed by atoms with Crippen molar-refractivity contribution in [1.82, 2.24) is 16.0 Å². The van der Waals surface area contributed by atoms with Crippen molar-refractivity contribution in [3.8, 4) is 0 Å². The lowest BCUT2D eigenvalue weighted by molar-refractivity contribution is -0.126. The summed E-state index contributed by atoms with van der Waals surface area (Å²) in [5, 5.41) is 28.2. The molecule has 5 atom stereocenters. The molecule has 1 aromatic rings. The van der Waals surface area contributed by atoms with Gasteiger partial charge in [-0.3, -0.25) is 14.4 Å². The Kier molecular flexibility index (Phi) is 7.89. The number of carbonyl (C=O) groups excluding carboxylic acids is 3. The van der Waals surface area contributed by atoms with Crippen LogP contribution in [0.25, 0.3) is 0 Å². The van der Waals surface area contributed by atoms with Crippen LogP contribution in [0.3, 0.4) is 0 Å². The van der Waals surface area contributed by atoms with E-state index in [0.29, 0.717) is 0 Å². The van der Waals surface area contributed by atoms with Crippen LogP contribution in [0, 0.1) is 0 Å². The van der Waals surface area contributed by atoms with Crippen LogP contribution in [-0.4, -0.2) is 65.3 Å². The van der Waals surface area contributed by atoms with E-state index in [2.05, 4.69) is 16.0 Å². The highest BCUT2D eigenvalue weighted by atomic mass is 16.3. The van der Waals surface area contributed by atoms with Gasteiger partial charge in [0.2, 0.25) is 17.7 Å². The van der Waals surface area contributed by atoms with Gasteiger partial charge in [-0.1, -0.05) is 36.4 Å². The number of nitrogens with one attached hydrogen (secondary N) is 3. The summed E-state index contributed by atoms with van der Waals surface area (Å²) in [6, 6.07) is 6.71. The Labute approximate surface area is 169 Å². The Bertz CT molecular complexity index is 767. The first-order chi connectivity index (χ1) is 13.7. The van der Waals surface area contributed by atoms with E-state index >= 15 is 0 Å². The molecule has 1 aliphatic rings. The van der Waals surface area contributed by atoms with Crippen LogP contribution >= 0.6 is 0 Å². The van der Waals surface area contributed by atoms with E-state index in [-0.39, 0.29) is 24.3 Å². The van der Waals surface area contributed by atoms with Gasteiger partial charge in [-0.05, 0) is 19.5 Å². The zero-order valence-electron chi connectivity index (χ0n) is 16.5. The monoisotopic (exact) mass is 404 g/mol. The topological polar surface area (TPSA) is 154 Å². The number of amides is 3. The van der Waals surface area contributed by atoms with Gasteiger partial charge in [-0.2, -0.15) is 0 Å². The molecule has 1 aromatic carbocycles. The van der Waals surface area contributed by atoms with Gasteiger partial charge in [-0.15, -0.1) is 0 Å². The Morgan fingerprint density at radius 3 is 2.45 bits per heavy atom. The molecule has 9 heteroatoms. The standard InChI is InChI=1S/C20H28N4O5/c1-11(22-2)19(28)23-14-9-13(10-16(25)17(14)26)20(29)24-15(18(21)27)8-12-6-4-3-5-7-12/h3-7,9,11,14-17,22,25-26H,8,10H2,1-2H3,(H2,21,27)(H,23,28)(H,24,29)/t11-,14-,15+,16+,17+/m0/s1. The minimum atomic E-state index is -1.25. The summed E-state index contributed by atoms with van der Waals surface area (Å²) in [5.41, 5.74) is 6.41. The predicted molar refractivity (Wildman–Crippen MR) is 106 cm³/mol. The Morgan fingerprint density at radius 1 is 1.21 bits per heavy atom. The summed E-state index contributed by atoms with van der Waals surface area (Å²) in [7, 11) is 1.61. The molecule has 9 nitrogen and oxygen atoms in total. The van der Waals surface area contributed by atoms with Gasteiger partial charge in [0.15, 0.2) is 0 Å². The SMILES string of the molecule is CN[C@@H](C)C(=O)N[C@H]1C=C(C(=O)N[C@H](Cc2ccccc2)C(N)=O)C[C@@H](O)[C@@H]1O. The highest BCUT2D eigenvalue weighted by Gasteiger charge is 2.35. The first-order valence-electron chi connectivity index (χ1n) is 9.41. The van der Waals surface area contributed by atoms with E-state index in [1.165, 1.54) is 6.08 Å². The molecule has 0 heterocycles. The normalized spacial score (nSPS) is 23.4. The highest BCUT2D eigenvalue weighted by Crippen LogP contribution is 2.20. The van der Waals surface area contributed by atoms with Crippen LogP contribution in [0.2, 0.25) is 0 Å². The molecule has 0 unspecified atom stereocenters. The predicted octanol–water partition coefficient (Wildman–Crippen LogP) is -1.66. The summed E-state index contributed by atoms with van der Waals surface area (Å²) >= 11 is 0. The third-order valence-electron chi connectivity index (χ3n) is 4.93. The second-order valence-corrected chi connectivity index (χ2v) is 7.12. The van der Waals surface area contributed by atoms with E-state index < -0.39 is 42.1 Å². The Morgan fingerprint density at radius 2 is 1.86 bits per heavy atom. The summed E-state index contributed by atoms with van der Waals surface area (Å²) in [5.74, 6) is -1.66. The molecular formula is C20H28N4O5. The molecule has 0 saturated heterocycles. The number of rotatable bonds is 8. The number of nitrogens with two attached hydrogens (primary N) is 1. The van der Waals surface area contributed by atoms with Crippen molar-refractivity contribution in [3.63, 3.8) is 0 Å². The maximum absolute atomic E-state index is 12.7. The summed E-state index contributed by atoms with van der Waals surface area (Å²) in [6.07, 6.45) is -0.987. The second-order valence-electron chi connectivity index (χ2n) is 7.12. The van der Waals surface area contributed by atoms with Gasteiger partial charge >= 0.3 is 0 Å². The molecule has 3 amide bonds. The van der Waals surface area contributed by atoms with E-state index in [1.54, 1.807) is 14.0 Å². The maximum atomic E-state index is 12.7. The number of hydrogen-bond donors (Lipinski definition) is 6. The molecule has 0 aromatic heterocycles. The Balaban J connectivity index is 2.12. The van der Waals surface area contributed by atoms with Gasteiger partial charge < -0.3 is 31.9 Å². The molecule has 0 radical (unpaired) electrons. The molecule has 1 aliphatic carbocycles. The van der Waals surface area contributed by atoms with Crippen LogP contribution in [0.4, 0.5) is 0 Å². The fourth-order valence-corrected chi connectivity index (χ4v) is 3.01. The zero-order valence-corrected chi connectivity index (χ0v) is 16.5. The lowest BCUT2D eigenvalue weighted by Gasteiger charge is -2.32. The van der Waals surface area contributed by atoms with Gasteiger partial charge in [0, 0.05) is 18.4 Å². The van der Waals surface area contributed by atoms with Crippen molar-refractivity contribution in [2.45, 2.75) is 50.1 Å². The number of hydrogen-bond acceptors (Lipinski definition) is 6. The second kappa shape index (κ2) is 10.1. The quantitative estimate of drug-likeness (QED) is 0.305. The number of likely N-dealkylation sites (N-methyl/N-ethyl adjacent to an activating group) is 1. The third-order valence-corrected chi connectivity index (χ3v) is 4.93. The minimum Gasteiger partial charge on any atom is -0.390 e.